The molecule has 0 saturated heterocycles. The van der Waals surface area contributed by atoms with Crippen LogP contribution in [0, 0.1) is 23.7 Å². The number of aromatic amines is 3. The fraction of sp³-hybridized carbons (Fsp3) is 0.636. The van der Waals surface area contributed by atoms with Gasteiger partial charge in [0.25, 0.3) is 0 Å². The number of hydrogen-bond donors (Lipinski definition) is 3. The van der Waals surface area contributed by atoms with Gasteiger partial charge >= 0.3 is 5.97 Å². The van der Waals surface area contributed by atoms with E-state index in [0.29, 0.717) is 53.6 Å². The Kier molecular flexibility index (Phi) is 5.21. The van der Waals surface area contributed by atoms with Crippen LogP contribution in [0.4, 0.5) is 0 Å². The number of nitrogens with one attached hydrogen (secondary N) is 3. The van der Waals surface area contributed by atoms with Crippen LogP contribution in [0.3, 0.4) is 0 Å². The third-order valence-electron chi connectivity index (χ3n) is 7.75. The van der Waals surface area contributed by atoms with Gasteiger partial charge in [0.15, 0.2) is 5.69 Å². The lowest BCUT2D eigenvalue weighted by Crippen LogP contribution is -2.09. The molecule has 0 amide bonds. The minimum absolute atomic E-state index is 0.311. The largest absolute Gasteiger partial charge is 0.461 e. The molecule has 6 atom stereocenters. The molecule has 3 aromatic rings. The summed E-state index contributed by atoms with van der Waals surface area (Å²) in [6.45, 7) is 3.82. The highest BCUT2D eigenvalue weighted by molar-refractivity contribution is 5.89. The van der Waals surface area contributed by atoms with Crippen molar-refractivity contribution in [3.63, 3.8) is 0 Å². The summed E-state index contributed by atoms with van der Waals surface area (Å²) in [4.78, 5) is 11.7. The first-order valence-corrected chi connectivity index (χ1v) is 11.7. The van der Waals surface area contributed by atoms with E-state index in [0.717, 1.165) is 43.0 Å². The van der Waals surface area contributed by atoms with Crippen LogP contribution in [0.2, 0.25) is 0 Å². The number of esters is 1. The van der Waals surface area contributed by atoms with Gasteiger partial charge < -0.3 is 14.2 Å². The lowest BCUT2D eigenvalue weighted by Gasteiger charge is -2.03. The Morgan fingerprint density at radius 1 is 0.941 bits per heavy atom. The fourth-order valence-corrected chi connectivity index (χ4v) is 6.15. The average molecular weight is 469 g/mol. The second kappa shape index (κ2) is 8.27. The molecule has 2 fully saturated rings. The molecule has 3 heterocycles. The minimum atomic E-state index is -0.311. The van der Waals surface area contributed by atoms with Crippen LogP contribution in [0.25, 0.3) is 11.5 Å². The van der Waals surface area contributed by atoms with Crippen molar-refractivity contribution in [3.8, 4) is 11.5 Å². The summed E-state index contributed by atoms with van der Waals surface area (Å²) in [5, 5.41) is 28.5. The molecular formula is C22H28N8O4. The lowest BCUT2D eigenvalue weighted by molar-refractivity contribution is 0.0518. The first kappa shape index (κ1) is 21.4. The van der Waals surface area contributed by atoms with E-state index in [1.807, 2.05) is 0 Å². The zero-order valence-electron chi connectivity index (χ0n) is 19.4. The smallest absolute Gasteiger partial charge is 0.359 e. The number of tetrazole rings is 1. The topological polar surface area (TPSA) is 157 Å². The molecule has 180 valence electrons. The minimum Gasteiger partial charge on any atom is -0.461 e. The number of ether oxygens (including phenoxy) is 3. The van der Waals surface area contributed by atoms with E-state index in [1.54, 1.807) is 21.1 Å². The second-order valence-corrected chi connectivity index (χ2v) is 9.41. The van der Waals surface area contributed by atoms with Crippen molar-refractivity contribution in [1.29, 1.82) is 0 Å². The van der Waals surface area contributed by atoms with E-state index in [9.17, 15) is 4.79 Å². The number of methoxy groups -OCH3 is 2. The molecule has 0 spiro atoms. The summed E-state index contributed by atoms with van der Waals surface area (Å²) in [6.07, 6.45) is 1.98. The SMILES string of the molecule is CCOC(=O)c1n[nH]c2c1C[C@H]1[C@@H](COC)[C@@H]21.COC[C@@H]1[C@@H]2Cc3c(-c4nn[nH]n4)n[nH]c3[C@H]12. The van der Waals surface area contributed by atoms with Gasteiger partial charge in [0, 0.05) is 61.8 Å². The molecular weight excluding hydrogens is 440 g/mol. The van der Waals surface area contributed by atoms with E-state index >= 15 is 0 Å². The lowest BCUT2D eigenvalue weighted by atomic mass is 10.1. The van der Waals surface area contributed by atoms with Gasteiger partial charge in [-0.25, -0.2) is 4.79 Å². The van der Waals surface area contributed by atoms with E-state index in [2.05, 4.69) is 41.0 Å². The third kappa shape index (κ3) is 3.27. The summed E-state index contributed by atoms with van der Waals surface area (Å²) in [5.41, 5.74) is 6.01. The van der Waals surface area contributed by atoms with Crippen molar-refractivity contribution in [2.45, 2.75) is 31.6 Å². The van der Waals surface area contributed by atoms with Crippen LogP contribution in [-0.4, -0.2) is 81.0 Å². The van der Waals surface area contributed by atoms with E-state index in [-0.39, 0.29) is 5.97 Å². The number of fused-ring (bicyclic) bond motifs is 6. The molecule has 12 nitrogen and oxygen atoms in total. The van der Waals surface area contributed by atoms with Gasteiger partial charge in [-0.15, -0.1) is 10.2 Å². The first-order valence-electron chi connectivity index (χ1n) is 11.7. The molecule has 3 aromatic heterocycles. The Hall–Kier alpha value is -3.12. The number of aromatic nitrogens is 8. The number of carbonyl (C=O) groups is 1. The Morgan fingerprint density at radius 2 is 1.59 bits per heavy atom. The molecule has 12 heteroatoms. The standard InChI is InChI=1S/C12H16N2O3.C10H12N6O/c1-3-17-12(15)11-7-4-6-8(5-16-2)9(6)10(7)13-14-11;1-17-3-6-4-2-5-8(7(4)6)11-12-9(5)10-13-15-16-14-10/h6,8-9H,3-5H2,1-2H3,(H,13,14);4,6-7H,2-3H2,1H3,(H,11,12)(H,13,14,15,16)/t6-,8+,9-;4-,6+,7-/m00/s1. The van der Waals surface area contributed by atoms with Crippen LogP contribution in [-0.2, 0) is 27.1 Å². The van der Waals surface area contributed by atoms with E-state index in [4.69, 9.17) is 14.2 Å². The first-order chi connectivity index (χ1) is 16.7. The van der Waals surface area contributed by atoms with Crippen LogP contribution < -0.4 is 0 Å². The van der Waals surface area contributed by atoms with Crippen molar-refractivity contribution < 1.29 is 19.0 Å². The zero-order chi connectivity index (χ0) is 23.4. The molecule has 0 aliphatic heterocycles. The molecule has 0 unspecified atom stereocenters. The van der Waals surface area contributed by atoms with E-state index in [1.165, 1.54) is 11.3 Å². The summed E-state index contributed by atoms with van der Waals surface area (Å²) >= 11 is 0. The molecule has 34 heavy (non-hydrogen) atoms. The molecule has 3 N–H and O–H groups in total. The van der Waals surface area contributed by atoms with E-state index < -0.39 is 0 Å². The maximum Gasteiger partial charge on any atom is 0.359 e. The third-order valence-corrected chi connectivity index (χ3v) is 7.75. The Bertz CT molecular complexity index is 1190. The van der Waals surface area contributed by atoms with Crippen LogP contribution in [0.15, 0.2) is 0 Å². The van der Waals surface area contributed by atoms with Crippen LogP contribution >= 0.6 is 0 Å². The van der Waals surface area contributed by atoms with Gasteiger partial charge in [-0.1, -0.05) is 0 Å². The van der Waals surface area contributed by atoms with Crippen molar-refractivity contribution in [3.05, 3.63) is 28.2 Å². The normalized spacial score (nSPS) is 28.9. The monoisotopic (exact) mass is 468 g/mol. The van der Waals surface area contributed by atoms with Gasteiger partial charge in [-0.3, -0.25) is 10.2 Å². The Balaban J connectivity index is 0.000000128. The van der Waals surface area contributed by atoms with Crippen LogP contribution in [0.5, 0.6) is 0 Å². The predicted molar refractivity (Wildman–Crippen MR) is 117 cm³/mol. The summed E-state index contributed by atoms with van der Waals surface area (Å²) in [7, 11) is 3.48. The Morgan fingerprint density at radius 3 is 2.21 bits per heavy atom. The summed E-state index contributed by atoms with van der Waals surface area (Å²) in [6, 6.07) is 0. The number of rotatable bonds is 7. The van der Waals surface area contributed by atoms with Gasteiger partial charge in [0.05, 0.1) is 6.61 Å². The quantitative estimate of drug-likeness (QED) is 0.434. The molecule has 4 aliphatic rings. The average Bonchev–Trinajstić information content (AvgIpc) is 3.33. The molecule has 0 aromatic carbocycles. The highest BCUT2D eigenvalue weighted by Crippen LogP contribution is 2.62. The van der Waals surface area contributed by atoms with Gasteiger partial charge in [0.2, 0.25) is 5.82 Å². The van der Waals surface area contributed by atoms with Crippen molar-refractivity contribution in [2.75, 3.05) is 34.0 Å². The number of nitrogens with zero attached hydrogens (tertiary/aromatic N) is 5. The van der Waals surface area contributed by atoms with Gasteiger partial charge in [0.1, 0.15) is 5.69 Å². The highest BCUT2D eigenvalue weighted by Gasteiger charge is 2.58. The van der Waals surface area contributed by atoms with Crippen molar-refractivity contribution in [2.24, 2.45) is 23.7 Å². The highest BCUT2D eigenvalue weighted by atomic mass is 16.5. The molecule has 2 saturated carbocycles. The maximum atomic E-state index is 11.7. The van der Waals surface area contributed by atoms with Crippen molar-refractivity contribution in [1.82, 2.24) is 41.0 Å². The number of hydrogen-bond acceptors (Lipinski definition) is 9. The molecule has 0 radical (unpaired) electrons. The Labute approximate surface area is 195 Å². The van der Waals surface area contributed by atoms with Crippen LogP contribution in [0.1, 0.15) is 51.8 Å². The molecule has 0 bridgehead atoms. The number of carbonyl (C=O) groups excluding carboxylic acids is 1. The fourth-order valence-electron chi connectivity index (χ4n) is 6.15. The maximum absolute atomic E-state index is 11.7. The molecule has 4 aliphatic carbocycles. The van der Waals surface area contributed by atoms with Crippen molar-refractivity contribution >= 4 is 5.97 Å². The predicted octanol–water partition coefficient (Wildman–Crippen LogP) is 1.24. The summed E-state index contributed by atoms with van der Waals surface area (Å²) in [5.74, 6) is 3.98. The summed E-state index contributed by atoms with van der Waals surface area (Å²) < 4.78 is 15.4. The van der Waals surface area contributed by atoms with Gasteiger partial charge in [-0.2, -0.15) is 15.4 Å². The molecule has 7 rings (SSSR count). The number of H-pyrrole nitrogens is 3. The second-order valence-electron chi connectivity index (χ2n) is 9.41. The zero-order valence-corrected chi connectivity index (χ0v) is 19.4. The van der Waals surface area contributed by atoms with Gasteiger partial charge in [-0.05, 0) is 48.7 Å².